The lowest BCUT2D eigenvalue weighted by molar-refractivity contribution is -0.139. The van der Waals surface area contributed by atoms with E-state index in [0.29, 0.717) is 23.9 Å². The number of nitriles is 1. The van der Waals surface area contributed by atoms with E-state index >= 15 is 0 Å². The van der Waals surface area contributed by atoms with Crippen molar-refractivity contribution in [1.82, 2.24) is 20.2 Å². The van der Waals surface area contributed by atoms with Gasteiger partial charge in [-0.15, -0.1) is 0 Å². The molecule has 2 fully saturated rings. The first-order valence-electron chi connectivity index (χ1n) is 10.9. The van der Waals surface area contributed by atoms with Crippen molar-refractivity contribution in [3.8, 4) is 11.8 Å². The summed E-state index contributed by atoms with van der Waals surface area (Å²) in [4.78, 5) is 15.8. The molecule has 0 bridgehead atoms. The van der Waals surface area contributed by atoms with Crippen LogP contribution in [0.3, 0.4) is 0 Å². The van der Waals surface area contributed by atoms with Crippen LogP contribution in [0.1, 0.15) is 24.8 Å². The van der Waals surface area contributed by atoms with Crippen molar-refractivity contribution in [3.63, 3.8) is 0 Å². The summed E-state index contributed by atoms with van der Waals surface area (Å²) in [5.41, 5.74) is -0.911. The molecule has 1 saturated carbocycles. The van der Waals surface area contributed by atoms with E-state index in [2.05, 4.69) is 15.6 Å². The SMILES string of the molecule is N#CC1(NC(=O)C2CC(S(=O)(=O)c3ccc(-n4cnc5ccccc54)cc3C(F)(F)F)CN2)CC1. The minimum Gasteiger partial charge on any atom is -0.336 e. The van der Waals surface area contributed by atoms with Gasteiger partial charge in [0, 0.05) is 12.2 Å². The quantitative estimate of drug-likeness (QED) is 0.553. The summed E-state index contributed by atoms with van der Waals surface area (Å²) in [5.74, 6) is -0.528. The Morgan fingerprint density at radius 3 is 2.66 bits per heavy atom. The maximum atomic E-state index is 14.0. The van der Waals surface area contributed by atoms with E-state index in [0.717, 1.165) is 12.1 Å². The average molecular weight is 504 g/mol. The Morgan fingerprint density at radius 1 is 1.23 bits per heavy atom. The van der Waals surface area contributed by atoms with Crippen molar-refractivity contribution in [1.29, 1.82) is 5.26 Å². The van der Waals surface area contributed by atoms with Crippen LogP contribution >= 0.6 is 0 Å². The van der Waals surface area contributed by atoms with Crippen LogP contribution in [0, 0.1) is 11.3 Å². The highest BCUT2D eigenvalue weighted by molar-refractivity contribution is 7.92. The molecule has 2 aliphatic rings. The second kappa shape index (κ2) is 8.07. The predicted octanol–water partition coefficient (Wildman–Crippen LogP) is 2.72. The molecule has 5 rings (SSSR count). The van der Waals surface area contributed by atoms with E-state index in [4.69, 9.17) is 5.26 Å². The fraction of sp³-hybridized carbons (Fsp3) is 0.348. The molecule has 1 saturated heterocycles. The van der Waals surface area contributed by atoms with Crippen molar-refractivity contribution in [2.45, 2.75) is 47.2 Å². The Bertz CT molecular complexity index is 1470. The van der Waals surface area contributed by atoms with E-state index in [-0.39, 0.29) is 18.7 Å². The first-order chi connectivity index (χ1) is 16.5. The normalized spacial score (nSPS) is 21.5. The largest absolute Gasteiger partial charge is 0.417 e. The van der Waals surface area contributed by atoms with Gasteiger partial charge in [0.15, 0.2) is 9.84 Å². The average Bonchev–Trinajstić information content (AvgIpc) is 3.23. The smallest absolute Gasteiger partial charge is 0.336 e. The summed E-state index contributed by atoms with van der Waals surface area (Å²) in [5, 5.41) is 13.3. The number of nitrogens with one attached hydrogen (secondary N) is 2. The number of rotatable bonds is 5. The van der Waals surface area contributed by atoms with Crippen molar-refractivity contribution in [3.05, 3.63) is 54.4 Å². The first-order valence-corrected chi connectivity index (χ1v) is 12.4. The van der Waals surface area contributed by atoms with Gasteiger partial charge in [-0.3, -0.25) is 9.36 Å². The zero-order chi connectivity index (χ0) is 25.0. The van der Waals surface area contributed by atoms with Crippen LogP contribution in [-0.4, -0.2) is 47.3 Å². The van der Waals surface area contributed by atoms with Gasteiger partial charge < -0.3 is 10.6 Å². The molecule has 35 heavy (non-hydrogen) atoms. The number of amides is 1. The molecular weight excluding hydrogens is 483 g/mol. The Hall–Kier alpha value is -3.43. The zero-order valence-electron chi connectivity index (χ0n) is 18.2. The van der Waals surface area contributed by atoms with E-state index in [1.165, 1.54) is 17.0 Å². The number of hydrogen-bond donors (Lipinski definition) is 2. The number of halogens is 3. The number of para-hydroxylation sites is 2. The molecule has 2 aromatic carbocycles. The van der Waals surface area contributed by atoms with Crippen LogP contribution in [0.4, 0.5) is 13.2 Å². The van der Waals surface area contributed by atoms with Crippen molar-refractivity contribution in [2.75, 3.05) is 6.54 Å². The predicted molar refractivity (Wildman–Crippen MR) is 119 cm³/mol. The van der Waals surface area contributed by atoms with Gasteiger partial charge in [0.2, 0.25) is 5.91 Å². The third-order valence-corrected chi connectivity index (χ3v) is 8.68. The number of fused-ring (bicyclic) bond motifs is 1. The summed E-state index contributed by atoms with van der Waals surface area (Å²) in [6, 6.07) is 11.1. The first kappa shape index (κ1) is 23.3. The Kier molecular flexibility index (Phi) is 5.37. The number of hydrogen-bond acceptors (Lipinski definition) is 6. The maximum Gasteiger partial charge on any atom is 0.417 e. The van der Waals surface area contributed by atoms with E-state index < -0.39 is 49.2 Å². The molecule has 2 N–H and O–H groups in total. The molecule has 12 heteroatoms. The van der Waals surface area contributed by atoms with Gasteiger partial charge >= 0.3 is 6.18 Å². The molecule has 182 valence electrons. The third kappa shape index (κ3) is 4.15. The number of nitrogens with zero attached hydrogens (tertiary/aromatic N) is 3. The highest BCUT2D eigenvalue weighted by Gasteiger charge is 2.48. The minimum absolute atomic E-state index is 0.123. The monoisotopic (exact) mass is 503 g/mol. The van der Waals surface area contributed by atoms with Gasteiger partial charge in [-0.1, -0.05) is 12.1 Å². The van der Waals surface area contributed by atoms with Crippen LogP contribution in [0.15, 0.2) is 53.7 Å². The topological polar surface area (TPSA) is 117 Å². The number of carbonyl (C=O) groups is 1. The molecule has 2 heterocycles. The summed E-state index contributed by atoms with van der Waals surface area (Å²) in [6.07, 6.45) is -2.72. The maximum absolute atomic E-state index is 14.0. The summed E-state index contributed by atoms with van der Waals surface area (Å²) in [7, 11) is -4.43. The number of benzene rings is 2. The molecule has 0 spiro atoms. The van der Waals surface area contributed by atoms with Crippen molar-refractivity contribution < 1.29 is 26.4 Å². The van der Waals surface area contributed by atoms with Crippen LogP contribution in [0.2, 0.25) is 0 Å². The highest BCUT2D eigenvalue weighted by atomic mass is 32.2. The lowest BCUT2D eigenvalue weighted by atomic mass is 10.2. The van der Waals surface area contributed by atoms with Gasteiger partial charge in [-0.2, -0.15) is 18.4 Å². The van der Waals surface area contributed by atoms with Crippen LogP contribution in [0.5, 0.6) is 0 Å². The fourth-order valence-corrected chi connectivity index (χ4v) is 6.19. The second-order valence-corrected chi connectivity index (χ2v) is 11.0. The summed E-state index contributed by atoms with van der Waals surface area (Å²) >= 11 is 0. The van der Waals surface area contributed by atoms with Crippen LogP contribution < -0.4 is 10.6 Å². The zero-order valence-corrected chi connectivity index (χ0v) is 19.0. The Labute approximate surface area is 198 Å². The Balaban J connectivity index is 1.46. The lowest BCUT2D eigenvalue weighted by Crippen LogP contribution is -2.45. The summed E-state index contributed by atoms with van der Waals surface area (Å²) < 4.78 is 70.2. The van der Waals surface area contributed by atoms with Crippen LogP contribution in [-0.2, 0) is 20.8 Å². The van der Waals surface area contributed by atoms with Gasteiger partial charge in [-0.05, 0) is 49.6 Å². The fourth-order valence-electron chi connectivity index (χ4n) is 4.33. The van der Waals surface area contributed by atoms with Crippen LogP contribution in [0.25, 0.3) is 16.7 Å². The number of sulfone groups is 1. The molecule has 2 atom stereocenters. The molecule has 1 aliphatic carbocycles. The molecule has 1 aliphatic heterocycles. The molecule has 8 nitrogen and oxygen atoms in total. The minimum atomic E-state index is -4.93. The van der Waals surface area contributed by atoms with Gasteiger partial charge in [0.1, 0.15) is 11.9 Å². The molecule has 0 radical (unpaired) electrons. The molecule has 2 unspecified atom stereocenters. The van der Waals surface area contributed by atoms with Gasteiger partial charge in [-0.25, -0.2) is 13.4 Å². The highest BCUT2D eigenvalue weighted by Crippen LogP contribution is 2.39. The summed E-state index contributed by atoms with van der Waals surface area (Å²) in [6.45, 7) is -0.175. The standard InChI is InChI=1S/C23H20F3N5O3S/c24-23(25,26)16-9-14(31-13-29-17-3-1-2-4-19(17)31)5-6-20(16)35(33,34)15-10-18(28-11-15)21(32)30-22(12-27)7-8-22/h1-6,9,13,15,18,28H,7-8,10-11H2,(H,30,32). The number of aromatic nitrogens is 2. The molecular formula is C23H20F3N5O3S. The van der Waals surface area contributed by atoms with E-state index in [1.54, 1.807) is 24.3 Å². The molecule has 3 aromatic rings. The second-order valence-electron chi connectivity index (χ2n) is 8.83. The van der Waals surface area contributed by atoms with Gasteiger partial charge in [0.05, 0.1) is 38.9 Å². The van der Waals surface area contributed by atoms with E-state index in [9.17, 15) is 26.4 Å². The molecule has 1 amide bonds. The Morgan fingerprint density at radius 2 is 1.97 bits per heavy atom. The number of alkyl halides is 3. The third-order valence-electron chi connectivity index (χ3n) is 6.48. The van der Waals surface area contributed by atoms with Crippen molar-refractivity contribution in [2.24, 2.45) is 0 Å². The lowest BCUT2D eigenvalue weighted by Gasteiger charge is -2.18. The van der Waals surface area contributed by atoms with Crippen molar-refractivity contribution >= 4 is 26.8 Å². The molecule has 1 aromatic heterocycles. The van der Waals surface area contributed by atoms with E-state index in [1.807, 2.05) is 6.07 Å². The van der Waals surface area contributed by atoms with Gasteiger partial charge in [0.25, 0.3) is 0 Å². The number of imidazole rings is 1. The number of carbonyl (C=O) groups excluding carboxylic acids is 1.